The average Bonchev–Trinajstić information content (AvgIpc) is 2.91. The smallest absolute Gasteiger partial charge is 0.367 e. The maximum atomic E-state index is 14.1. The molecular weight excluding hydrogens is 337 g/mol. The molecule has 0 aliphatic heterocycles. The third kappa shape index (κ3) is 3.78. The highest BCUT2D eigenvalue weighted by atomic mass is 19.4. The Morgan fingerprint density at radius 2 is 1.79 bits per heavy atom. The lowest BCUT2D eigenvalue weighted by molar-refractivity contribution is -0.152. The molecule has 2 aromatic rings. The molecule has 0 spiro atoms. The van der Waals surface area contributed by atoms with Crippen molar-refractivity contribution in [2.24, 2.45) is 0 Å². The van der Waals surface area contributed by atoms with Crippen LogP contribution in [0, 0.1) is 0 Å². The standard InChI is InChI=1S/C13H12F5N5O/c14-12(15,7-3-1-2-4-8(7)13(16,17)18)10(24)20-6-5-9-21-11(19)23-22-9/h1-4H,5-6H2,(H,20,24)(H3,19,21,22,23). The van der Waals surface area contributed by atoms with Crippen molar-refractivity contribution in [3.05, 3.63) is 41.2 Å². The fourth-order valence-corrected chi connectivity index (χ4v) is 1.95. The lowest BCUT2D eigenvalue weighted by Gasteiger charge is -2.20. The van der Waals surface area contributed by atoms with Gasteiger partial charge in [0.05, 0.1) is 5.56 Å². The summed E-state index contributed by atoms with van der Waals surface area (Å²) in [6.45, 7) is -0.281. The molecule has 0 bridgehead atoms. The lowest BCUT2D eigenvalue weighted by atomic mass is 10.0. The summed E-state index contributed by atoms with van der Waals surface area (Å²) in [6.07, 6.45) is -5.00. The topological polar surface area (TPSA) is 96.7 Å². The van der Waals surface area contributed by atoms with Gasteiger partial charge in [-0.25, -0.2) is 0 Å². The Labute approximate surface area is 132 Å². The Bertz CT molecular complexity index is 728. The first kappa shape index (κ1) is 17.6. The van der Waals surface area contributed by atoms with E-state index in [2.05, 4.69) is 15.2 Å². The third-order valence-electron chi connectivity index (χ3n) is 3.05. The van der Waals surface area contributed by atoms with Crippen molar-refractivity contribution in [2.75, 3.05) is 12.3 Å². The van der Waals surface area contributed by atoms with Crippen molar-refractivity contribution >= 4 is 11.9 Å². The molecule has 24 heavy (non-hydrogen) atoms. The van der Waals surface area contributed by atoms with E-state index in [0.29, 0.717) is 12.1 Å². The van der Waals surface area contributed by atoms with Crippen molar-refractivity contribution in [3.8, 4) is 0 Å². The molecule has 11 heteroatoms. The molecular formula is C13H12F5N5O. The Morgan fingerprint density at radius 1 is 1.17 bits per heavy atom. The van der Waals surface area contributed by atoms with Gasteiger partial charge >= 0.3 is 12.1 Å². The van der Waals surface area contributed by atoms with Crippen LogP contribution >= 0.6 is 0 Å². The monoisotopic (exact) mass is 349 g/mol. The number of nitrogen functional groups attached to an aromatic ring is 1. The van der Waals surface area contributed by atoms with Gasteiger partial charge in [-0.15, -0.1) is 5.10 Å². The van der Waals surface area contributed by atoms with Crippen LogP contribution < -0.4 is 11.1 Å². The summed E-state index contributed by atoms with van der Waals surface area (Å²) in [4.78, 5) is 15.3. The summed E-state index contributed by atoms with van der Waals surface area (Å²) < 4.78 is 66.7. The van der Waals surface area contributed by atoms with Crippen LogP contribution in [-0.4, -0.2) is 27.6 Å². The molecule has 0 unspecified atom stereocenters. The fourth-order valence-electron chi connectivity index (χ4n) is 1.95. The molecule has 4 N–H and O–H groups in total. The van der Waals surface area contributed by atoms with E-state index in [1.54, 1.807) is 0 Å². The largest absolute Gasteiger partial charge is 0.416 e. The minimum atomic E-state index is -5.00. The third-order valence-corrected chi connectivity index (χ3v) is 3.05. The number of hydrogen-bond acceptors (Lipinski definition) is 4. The van der Waals surface area contributed by atoms with Gasteiger partial charge in [-0.2, -0.15) is 26.9 Å². The van der Waals surface area contributed by atoms with Crippen molar-refractivity contribution in [3.63, 3.8) is 0 Å². The molecule has 1 aromatic heterocycles. The molecule has 2 rings (SSSR count). The first-order valence-electron chi connectivity index (χ1n) is 6.62. The molecule has 0 saturated heterocycles. The van der Waals surface area contributed by atoms with Crippen LogP contribution in [0.4, 0.5) is 27.9 Å². The second-order valence-corrected chi connectivity index (χ2v) is 4.76. The minimum absolute atomic E-state index is 0.00688. The van der Waals surface area contributed by atoms with Crippen molar-refractivity contribution in [2.45, 2.75) is 18.5 Å². The predicted molar refractivity (Wildman–Crippen MR) is 72.8 cm³/mol. The van der Waals surface area contributed by atoms with Gasteiger partial charge in [-0.3, -0.25) is 9.89 Å². The highest BCUT2D eigenvalue weighted by Gasteiger charge is 2.47. The van der Waals surface area contributed by atoms with E-state index in [9.17, 15) is 26.7 Å². The number of carbonyl (C=O) groups excluding carboxylic acids is 1. The van der Waals surface area contributed by atoms with E-state index in [1.165, 1.54) is 0 Å². The number of rotatable bonds is 5. The molecule has 0 atom stereocenters. The van der Waals surface area contributed by atoms with Crippen molar-refractivity contribution in [1.29, 1.82) is 0 Å². The minimum Gasteiger partial charge on any atom is -0.367 e. The van der Waals surface area contributed by atoms with E-state index in [1.807, 2.05) is 5.32 Å². The van der Waals surface area contributed by atoms with E-state index < -0.39 is 29.1 Å². The normalized spacial score (nSPS) is 12.2. The highest BCUT2D eigenvalue weighted by Crippen LogP contribution is 2.39. The molecule has 1 aromatic carbocycles. The zero-order valence-corrected chi connectivity index (χ0v) is 12.0. The fraction of sp³-hybridized carbons (Fsp3) is 0.308. The van der Waals surface area contributed by atoms with Gasteiger partial charge in [-0.1, -0.05) is 18.2 Å². The summed E-state index contributed by atoms with van der Waals surface area (Å²) in [5, 5.41) is 7.78. The van der Waals surface area contributed by atoms with Gasteiger partial charge in [0, 0.05) is 18.5 Å². The maximum absolute atomic E-state index is 14.1. The van der Waals surface area contributed by atoms with Gasteiger partial charge in [0.2, 0.25) is 5.95 Å². The van der Waals surface area contributed by atoms with E-state index in [-0.39, 0.29) is 24.7 Å². The number of alkyl halides is 5. The molecule has 0 saturated carbocycles. The molecule has 130 valence electrons. The van der Waals surface area contributed by atoms with Gasteiger partial charge in [0.1, 0.15) is 5.82 Å². The van der Waals surface area contributed by atoms with Crippen LogP contribution in [0.1, 0.15) is 17.0 Å². The van der Waals surface area contributed by atoms with Crippen LogP contribution in [0.15, 0.2) is 24.3 Å². The number of halogens is 5. The predicted octanol–water partition coefficient (Wildman–Crippen LogP) is 1.86. The number of anilines is 1. The Kier molecular flexibility index (Phi) is 4.71. The Hall–Kier alpha value is -2.72. The quantitative estimate of drug-likeness (QED) is 0.718. The SMILES string of the molecule is Nc1n[nH]c(CCNC(=O)C(F)(F)c2ccccc2C(F)(F)F)n1. The summed E-state index contributed by atoms with van der Waals surface area (Å²) in [6, 6.07) is 3.03. The van der Waals surface area contributed by atoms with Crippen LogP contribution in [0.3, 0.4) is 0 Å². The number of hydrogen-bond donors (Lipinski definition) is 3. The summed E-state index contributed by atoms with van der Waals surface area (Å²) in [5.74, 6) is -5.99. The zero-order chi connectivity index (χ0) is 18.0. The molecule has 0 fully saturated rings. The highest BCUT2D eigenvalue weighted by molar-refractivity contribution is 5.85. The summed E-state index contributed by atoms with van der Waals surface area (Å²) in [5.41, 5.74) is 2.28. The van der Waals surface area contributed by atoms with Crippen LogP contribution in [0.5, 0.6) is 0 Å². The Morgan fingerprint density at radius 3 is 2.33 bits per heavy atom. The average molecular weight is 349 g/mol. The molecule has 0 radical (unpaired) electrons. The molecule has 1 heterocycles. The van der Waals surface area contributed by atoms with Crippen LogP contribution in [0.25, 0.3) is 0 Å². The number of aromatic amines is 1. The number of nitrogens with one attached hydrogen (secondary N) is 2. The number of nitrogens with zero attached hydrogens (tertiary/aromatic N) is 2. The zero-order valence-electron chi connectivity index (χ0n) is 12.0. The van der Waals surface area contributed by atoms with Crippen LogP contribution in [0.2, 0.25) is 0 Å². The summed E-state index contributed by atoms with van der Waals surface area (Å²) >= 11 is 0. The molecule has 6 nitrogen and oxygen atoms in total. The number of carbonyl (C=O) groups is 1. The van der Waals surface area contributed by atoms with E-state index >= 15 is 0 Å². The first-order chi connectivity index (χ1) is 11.1. The second kappa shape index (κ2) is 6.42. The molecule has 0 aliphatic carbocycles. The maximum Gasteiger partial charge on any atom is 0.416 e. The number of amides is 1. The van der Waals surface area contributed by atoms with Gasteiger partial charge in [-0.05, 0) is 6.07 Å². The van der Waals surface area contributed by atoms with Gasteiger partial charge in [0.15, 0.2) is 0 Å². The van der Waals surface area contributed by atoms with Gasteiger partial charge < -0.3 is 11.1 Å². The van der Waals surface area contributed by atoms with Crippen molar-refractivity contribution < 1.29 is 26.7 Å². The number of aromatic nitrogens is 3. The van der Waals surface area contributed by atoms with E-state index in [4.69, 9.17) is 5.73 Å². The number of benzene rings is 1. The van der Waals surface area contributed by atoms with Crippen LogP contribution in [-0.2, 0) is 23.3 Å². The molecule has 0 aliphatic rings. The van der Waals surface area contributed by atoms with Gasteiger partial charge in [0.25, 0.3) is 5.91 Å². The van der Waals surface area contributed by atoms with E-state index in [0.717, 1.165) is 12.1 Å². The first-order valence-corrected chi connectivity index (χ1v) is 6.62. The lowest BCUT2D eigenvalue weighted by Crippen LogP contribution is -2.40. The second-order valence-electron chi connectivity index (χ2n) is 4.76. The molecule has 1 amide bonds. The number of H-pyrrole nitrogens is 1. The summed E-state index contributed by atoms with van der Waals surface area (Å²) in [7, 11) is 0. The Balaban J connectivity index is 2.10. The van der Waals surface area contributed by atoms with Crippen molar-refractivity contribution in [1.82, 2.24) is 20.5 Å². The number of nitrogens with two attached hydrogens (primary N) is 1.